The number of aryl methyl sites for hydroxylation is 1. The highest BCUT2D eigenvalue weighted by Crippen LogP contribution is 2.32. The molecular formula is C22H22N2O3S2. The SMILES string of the molecule is COc1ccccc1NC(=O)CCCN1C(=O)/C(=C\c2ccc(C)cc2)SC1=S. The van der Waals surface area contributed by atoms with Crippen LogP contribution in [0, 0.1) is 6.92 Å². The third kappa shape index (κ3) is 5.46. The quantitative estimate of drug-likeness (QED) is 0.517. The molecule has 1 heterocycles. The number of benzene rings is 2. The number of ether oxygens (including phenoxy) is 1. The second-order valence-electron chi connectivity index (χ2n) is 6.60. The van der Waals surface area contributed by atoms with Gasteiger partial charge in [-0.15, -0.1) is 0 Å². The van der Waals surface area contributed by atoms with Gasteiger partial charge in [-0.2, -0.15) is 0 Å². The molecule has 1 N–H and O–H groups in total. The first-order valence-electron chi connectivity index (χ1n) is 9.23. The van der Waals surface area contributed by atoms with E-state index < -0.39 is 0 Å². The second-order valence-corrected chi connectivity index (χ2v) is 8.27. The van der Waals surface area contributed by atoms with Crippen LogP contribution in [0.5, 0.6) is 5.75 Å². The average molecular weight is 427 g/mol. The summed E-state index contributed by atoms with van der Waals surface area (Å²) in [7, 11) is 1.56. The standard InChI is InChI=1S/C22H22N2O3S2/c1-15-9-11-16(12-10-15)14-19-21(26)24(22(28)29-19)13-5-8-20(25)23-17-6-3-4-7-18(17)27-2/h3-4,6-7,9-12,14H,5,8,13H2,1-2H3,(H,23,25)/b19-14+. The molecule has 5 nitrogen and oxygen atoms in total. The number of methoxy groups -OCH3 is 1. The van der Waals surface area contributed by atoms with Crippen LogP contribution in [0.25, 0.3) is 6.08 Å². The summed E-state index contributed by atoms with van der Waals surface area (Å²) in [5.41, 5.74) is 2.76. The van der Waals surface area contributed by atoms with Crippen molar-refractivity contribution in [2.45, 2.75) is 19.8 Å². The minimum Gasteiger partial charge on any atom is -0.495 e. The molecule has 3 rings (SSSR count). The lowest BCUT2D eigenvalue weighted by molar-refractivity contribution is -0.122. The molecule has 0 spiro atoms. The van der Waals surface area contributed by atoms with Gasteiger partial charge in [0.25, 0.3) is 5.91 Å². The van der Waals surface area contributed by atoms with Gasteiger partial charge in [0.15, 0.2) is 0 Å². The molecule has 1 saturated heterocycles. The van der Waals surface area contributed by atoms with Crippen molar-refractivity contribution in [1.82, 2.24) is 4.90 Å². The molecule has 0 radical (unpaired) electrons. The summed E-state index contributed by atoms with van der Waals surface area (Å²) < 4.78 is 5.76. The molecule has 2 aromatic rings. The van der Waals surface area contributed by atoms with Gasteiger partial charge in [0, 0.05) is 13.0 Å². The highest BCUT2D eigenvalue weighted by atomic mass is 32.2. The van der Waals surface area contributed by atoms with Crippen LogP contribution in [0.3, 0.4) is 0 Å². The predicted octanol–water partition coefficient (Wildman–Crippen LogP) is 4.62. The number of anilines is 1. The Labute approximate surface area is 180 Å². The van der Waals surface area contributed by atoms with Crippen molar-refractivity contribution < 1.29 is 14.3 Å². The summed E-state index contributed by atoms with van der Waals surface area (Å²) in [6.45, 7) is 2.43. The van der Waals surface area contributed by atoms with Gasteiger partial charge in [-0.1, -0.05) is 65.9 Å². The van der Waals surface area contributed by atoms with Gasteiger partial charge in [-0.25, -0.2) is 0 Å². The van der Waals surface area contributed by atoms with Crippen LogP contribution in [0.4, 0.5) is 5.69 Å². The maximum absolute atomic E-state index is 12.7. The van der Waals surface area contributed by atoms with E-state index in [0.29, 0.717) is 33.6 Å². The smallest absolute Gasteiger partial charge is 0.266 e. The lowest BCUT2D eigenvalue weighted by atomic mass is 10.1. The first-order valence-corrected chi connectivity index (χ1v) is 10.5. The third-order valence-electron chi connectivity index (χ3n) is 4.42. The number of thiocarbonyl (C=S) groups is 1. The van der Waals surface area contributed by atoms with E-state index in [1.54, 1.807) is 24.1 Å². The van der Waals surface area contributed by atoms with Crippen LogP contribution in [0.2, 0.25) is 0 Å². The molecule has 0 aliphatic carbocycles. The second kappa shape index (κ2) is 9.71. The van der Waals surface area contributed by atoms with Gasteiger partial charge < -0.3 is 10.1 Å². The van der Waals surface area contributed by atoms with Gasteiger partial charge in [-0.3, -0.25) is 14.5 Å². The highest BCUT2D eigenvalue weighted by molar-refractivity contribution is 8.26. The van der Waals surface area contributed by atoms with Crippen molar-refractivity contribution >= 4 is 51.9 Å². The van der Waals surface area contributed by atoms with Gasteiger partial charge in [0.1, 0.15) is 10.1 Å². The molecular weight excluding hydrogens is 404 g/mol. The molecule has 0 bridgehead atoms. The zero-order chi connectivity index (χ0) is 20.8. The Morgan fingerprint density at radius 1 is 1.21 bits per heavy atom. The number of nitrogens with zero attached hydrogens (tertiary/aromatic N) is 1. The summed E-state index contributed by atoms with van der Waals surface area (Å²) in [5.74, 6) is 0.375. The highest BCUT2D eigenvalue weighted by Gasteiger charge is 2.31. The third-order valence-corrected chi connectivity index (χ3v) is 5.79. The molecule has 29 heavy (non-hydrogen) atoms. The fourth-order valence-electron chi connectivity index (χ4n) is 2.87. The minimum absolute atomic E-state index is 0.106. The van der Waals surface area contributed by atoms with Crippen LogP contribution >= 0.6 is 24.0 Å². The number of carbonyl (C=O) groups excluding carboxylic acids is 2. The fraction of sp³-hybridized carbons (Fsp3) is 0.227. The van der Waals surface area contributed by atoms with E-state index in [4.69, 9.17) is 17.0 Å². The number of carbonyl (C=O) groups is 2. The van der Waals surface area contributed by atoms with Crippen molar-refractivity contribution in [3.05, 3.63) is 64.6 Å². The first kappa shape index (κ1) is 21.1. The van der Waals surface area contributed by atoms with E-state index in [1.165, 1.54) is 17.3 Å². The van der Waals surface area contributed by atoms with Gasteiger partial charge >= 0.3 is 0 Å². The number of amides is 2. The van der Waals surface area contributed by atoms with Gasteiger partial charge in [0.05, 0.1) is 17.7 Å². The van der Waals surface area contributed by atoms with Crippen molar-refractivity contribution in [3.63, 3.8) is 0 Å². The van der Waals surface area contributed by atoms with E-state index >= 15 is 0 Å². The molecule has 1 aliphatic rings. The number of hydrogen-bond donors (Lipinski definition) is 1. The molecule has 1 fully saturated rings. The molecule has 0 atom stereocenters. The molecule has 2 amide bonds. The van der Waals surface area contributed by atoms with Crippen LogP contribution in [0.1, 0.15) is 24.0 Å². The number of rotatable bonds is 7. The van der Waals surface area contributed by atoms with Crippen LogP contribution in [0.15, 0.2) is 53.4 Å². The zero-order valence-electron chi connectivity index (χ0n) is 16.3. The molecule has 7 heteroatoms. The van der Waals surface area contributed by atoms with Crippen LogP contribution in [-0.4, -0.2) is 34.7 Å². The van der Waals surface area contributed by atoms with E-state index in [-0.39, 0.29) is 18.2 Å². The van der Waals surface area contributed by atoms with E-state index in [0.717, 1.165) is 5.56 Å². The molecule has 0 aromatic heterocycles. The largest absolute Gasteiger partial charge is 0.495 e. The summed E-state index contributed by atoms with van der Waals surface area (Å²) >= 11 is 6.66. The Morgan fingerprint density at radius 3 is 2.66 bits per heavy atom. The van der Waals surface area contributed by atoms with E-state index in [2.05, 4.69) is 5.32 Å². The molecule has 2 aromatic carbocycles. The fourth-order valence-corrected chi connectivity index (χ4v) is 4.17. The lowest BCUT2D eigenvalue weighted by Gasteiger charge is -2.14. The first-order chi connectivity index (χ1) is 14.0. The normalized spacial score (nSPS) is 15.1. The minimum atomic E-state index is -0.130. The van der Waals surface area contributed by atoms with Gasteiger partial charge in [0.2, 0.25) is 5.91 Å². The molecule has 150 valence electrons. The number of thioether (sulfide) groups is 1. The molecule has 0 unspecified atom stereocenters. The van der Waals surface area contributed by atoms with Gasteiger partial charge in [-0.05, 0) is 37.1 Å². The van der Waals surface area contributed by atoms with Crippen LogP contribution < -0.4 is 10.1 Å². The number of nitrogens with one attached hydrogen (secondary N) is 1. The Bertz CT molecular complexity index is 955. The Morgan fingerprint density at radius 2 is 1.93 bits per heavy atom. The Hall–Kier alpha value is -2.64. The van der Waals surface area contributed by atoms with Crippen molar-refractivity contribution in [3.8, 4) is 5.75 Å². The lowest BCUT2D eigenvalue weighted by Crippen LogP contribution is -2.29. The number of hydrogen-bond acceptors (Lipinski definition) is 5. The topological polar surface area (TPSA) is 58.6 Å². The maximum Gasteiger partial charge on any atom is 0.266 e. The van der Waals surface area contributed by atoms with E-state index in [1.807, 2.05) is 49.4 Å². The summed E-state index contributed by atoms with van der Waals surface area (Å²) in [6, 6.07) is 15.2. The summed E-state index contributed by atoms with van der Waals surface area (Å²) in [6.07, 6.45) is 2.66. The summed E-state index contributed by atoms with van der Waals surface area (Å²) in [4.78, 5) is 27.1. The summed E-state index contributed by atoms with van der Waals surface area (Å²) in [5, 5.41) is 2.84. The maximum atomic E-state index is 12.7. The van der Waals surface area contributed by atoms with Crippen LogP contribution in [-0.2, 0) is 9.59 Å². The zero-order valence-corrected chi connectivity index (χ0v) is 17.9. The van der Waals surface area contributed by atoms with E-state index in [9.17, 15) is 9.59 Å². The van der Waals surface area contributed by atoms with Crippen molar-refractivity contribution in [2.24, 2.45) is 0 Å². The monoisotopic (exact) mass is 426 g/mol. The Kier molecular flexibility index (Phi) is 7.06. The Balaban J connectivity index is 1.54. The molecule has 1 aliphatic heterocycles. The average Bonchev–Trinajstić information content (AvgIpc) is 2.97. The molecule has 0 saturated carbocycles. The number of para-hydroxylation sites is 2. The predicted molar refractivity (Wildman–Crippen MR) is 122 cm³/mol. The van der Waals surface area contributed by atoms with Crippen molar-refractivity contribution in [1.29, 1.82) is 0 Å². The van der Waals surface area contributed by atoms with Crippen molar-refractivity contribution in [2.75, 3.05) is 19.0 Å².